The molecule has 1 heterocycles. The SMILES string of the molecule is C=C1CN(S(=O)(=O)c2ccc(C)cc2)c2cc(Br)ccc2CO1. The summed E-state index contributed by atoms with van der Waals surface area (Å²) in [6, 6.07) is 12.3. The van der Waals surface area contributed by atoms with Crippen molar-refractivity contribution in [1.29, 1.82) is 0 Å². The number of anilines is 1. The fourth-order valence-corrected chi connectivity index (χ4v) is 4.24. The number of aryl methyl sites for hydroxylation is 1. The lowest BCUT2D eigenvalue weighted by molar-refractivity contribution is 0.203. The minimum atomic E-state index is -3.69. The number of halogens is 1. The quantitative estimate of drug-likeness (QED) is 0.774. The van der Waals surface area contributed by atoms with E-state index in [1.54, 1.807) is 30.3 Å². The zero-order valence-electron chi connectivity index (χ0n) is 12.6. The number of hydrogen-bond acceptors (Lipinski definition) is 3. The Hall–Kier alpha value is -1.79. The van der Waals surface area contributed by atoms with Gasteiger partial charge >= 0.3 is 0 Å². The van der Waals surface area contributed by atoms with E-state index in [9.17, 15) is 8.42 Å². The number of benzene rings is 2. The number of nitrogens with zero attached hydrogens (tertiary/aromatic N) is 1. The molecule has 0 fully saturated rings. The third-order valence-corrected chi connectivity index (χ3v) is 5.94. The van der Waals surface area contributed by atoms with Gasteiger partial charge in [-0.2, -0.15) is 0 Å². The first-order chi connectivity index (χ1) is 10.9. The van der Waals surface area contributed by atoms with Gasteiger partial charge in [-0.1, -0.05) is 46.3 Å². The third kappa shape index (κ3) is 3.14. The van der Waals surface area contributed by atoms with E-state index in [1.807, 2.05) is 19.1 Å². The van der Waals surface area contributed by atoms with Crippen molar-refractivity contribution in [2.75, 3.05) is 10.8 Å². The smallest absolute Gasteiger partial charge is 0.264 e. The first kappa shape index (κ1) is 16.1. The molecule has 0 aromatic heterocycles. The Morgan fingerprint density at radius 1 is 1.17 bits per heavy atom. The highest BCUT2D eigenvalue weighted by Crippen LogP contribution is 2.33. The number of ether oxygens (including phenoxy) is 1. The molecular formula is C17H16BrNO3S. The Morgan fingerprint density at radius 3 is 2.57 bits per heavy atom. The molecule has 1 aliphatic rings. The second-order valence-corrected chi connectivity index (χ2v) is 8.20. The zero-order chi connectivity index (χ0) is 16.6. The summed E-state index contributed by atoms with van der Waals surface area (Å²) in [5.41, 5.74) is 2.43. The Balaban J connectivity index is 2.15. The molecule has 2 aromatic carbocycles. The van der Waals surface area contributed by atoms with Crippen molar-refractivity contribution < 1.29 is 13.2 Å². The molecule has 1 aliphatic heterocycles. The average Bonchev–Trinajstić information content (AvgIpc) is 2.67. The van der Waals surface area contributed by atoms with E-state index in [0.717, 1.165) is 15.6 Å². The van der Waals surface area contributed by atoms with E-state index in [0.29, 0.717) is 18.1 Å². The molecule has 0 amide bonds. The van der Waals surface area contributed by atoms with Crippen molar-refractivity contribution in [3.63, 3.8) is 0 Å². The first-order valence-electron chi connectivity index (χ1n) is 7.06. The molecule has 120 valence electrons. The number of fused-ring (bicyclic) bond motifs is 1. The van der Waals surface area contributed by atoms with Crippen LogP contribution in [-0.4, -0.2) is 15.0 Å². The van der Waals surface area contributed by atoms with Gasteiger partial charge in [-0.3, -0.25) is 4.31 Å². The molecule has 0 saturated carbocycles. The summed E-state index contributed by atoms with van der Waals surface area (Å²) >= 11 is 3.41. The van der Waals surface area contributed by atoms with Gasteiger partial charge in [-0.25, -0.2) is 8.42 Å². The van der Waals surface area contributed by atoms with Crippen LogP contribution in [0.25, 0.3) is 0 Å². The molecule has 0 bridgehead atoms. The van der Waals surface area contributed by atoms with Gasteiger partial charge in [0.1, 0.15) is 12.4 Å². The topological polar surface area (TPSA) is 46.6 Å². The second-order valence-electron chi connectivity index (χ2n) is 5.43. The van der Waals surface area contributed by atoms with Gasteiger partial charge in [-0.05, 0) is 31.2 Å². The lowest BCUT2D eigenvalue weighted by Crippen LogP contribution is -2.32. The maximum absolute atomic E-state index is 13.1. The van der Waals surface area contributed by atoms with Gasteiger partial charge < -0.3 is 4.74 Å². The maximum atomic E-state index is 13.1. The van der Waals surface area contributed by atoms with E-state index >= 15 is 0 Å². The van der Waals surface area contributed by atoms with Gasteiger partial charge in [-0.15, -0.1) is 0 Å². The van der Waals surface area contributed by atoms with Crippen LogP contribution in [0.3, 0.4) is 0 Å². The lowest BCUT2D eigenvalue weighted by atomic mass is 10.2. The highest BCUT2D eigenvalue weighted by atomic mass is 79.9. The molecule has 0 unspecified atom stereocenters. The van der Waals surface area contributed by atoms with Crippen LogP contribution in [0.4, 0.5) is 5.69 Å². The molecule has 0 aliphatic carbocycles. The normalized spacial score (nSPS) is 14.9. The van der Waals surface area contributed by atoms with Crippen LogP contribution in [0, 0.1) is 6.92 Å². The summed E-state index contributed by atoms with van der Waals surface area (Å²) in [4.78, 5) is 0.253. The molecule has 23 heavy (non-hydrogen) atoms. The maximum Gasteiger partial charge on any atom is 0.264 e. The van der Waals surface area contributed by atoms with Crippen LogP contribution >= 0.6 is 15.9 Å². The molecule has 0 radical (unpaired) electrons. The van der Waals surface area contributed by atoms with Crippen LogP contribution in [0.5, 0.6) is 0 Å². The number of rotatable bonds is 2. The minimum absolute atomic E-state index is 0.0969. The Kier molecular flexibility index (Phi) is 4.21. The van der Waals surface area contributed by atoms with Gasteiger partial charge in [0, 0.05) is 10.0 Å². The molecule has 6 heteroatoms. The van der Waals surface area contributed by atoms with Crippen LogP contribution in [0.2, 0.25) is 0 Å². The van der Waals surface area contributed by atoms with Crippen molar-refractivity contribution in [2.24, 2.45) is 0 Å². The highest BCUT2D eigenvalue weighted by molar-refractivity contribution is 9.10. The van der Waals surface area contributed by atoms with Crippen LogP contribution in [-0.2, 0) is 21.4 Å². The summed E-state index contributed by atoms with van der Waals surface area (Å²) in [6.07, 6.45) is 0. The zero-order valence-corrected chi connectivity index (χ0v) is 15.0. The van der Waals surface area contributed by atoms with E-state index < -0.39 is 10.0 Å². The fraction of sp³-hybridized carbons (Fsp3) is 0.176. The van der Waals surface area contributed by atoms with Crippen LogP contribution in [0.1, 0.15) is 11.1 Å². The summed E-state index contributed by atoms with van der Waals surface area (Å²) in [7, 11) is -3.69. The predicted molar refractivity (Wildman–Crippen MR) is 93.8 cm³/mol. The Bertz CT molecular complexity index is 860. The van der Waals surface area contributed by atoms with Crippen molar-refractivity contribution >= 4 is 31.6 Å². The Morgan fingerprint density at radius 2 is 1.87 bits per heavy atom. The molecule has 0 saturated heterocycles. The molecule has 3 rings (SSSR count). The van der Waals surface area contributed by atoms with E-state index in [-0.39, 0.29) is 11.4 Å². The molecule has 0 spiro atoms. The predicted octanol–water partition coefficient (Wildman–Crippen LogP) is 4.00. The Labute approximate surface area is 144 Å². The van der Waals surface area contributed by atoms with Gasteiger partial charge in [0.15, 0.2) is 0 Å². The van der Waals surface area contributed by atoms with Crippen LogP contribution in [0.15, 0.2) is 64.2 Å². The van der Waals surface area contributed by atoms with Crippen molar-refractivity contribution in [1.82, 2.24) is 0 Å². The van der Waals surface area contributed by atoms with Crippen molar-refractivity contribution in [3.8, 4) is 0 Å². The van der Waals surface area contributed by atoms with Crippen molar-refractivity contribution in [3.05, 3.63) is 70.4 Å². The first-order valence-corrected chi connectivity index (χ1v) is 9.29. The second kappa shape index (κ2) is 6.02. The van der Waals surface area contributed by atoms with Crippen molar-refractivity contribution in [2.45, 2.75) is 18.4 Å². The van der Waals surface area contributed by atoms with E-state index in [4.69, 9.17) is 4.74 Å². The fourth-order valence-electron chi connectivity index (χ4n) is 2.41. The highest BCUT2D eigenvalue weighted by Gasteiger charge is 2.29. The van der Waals surface area contributed by atoms with E-state index in [1.165, 1.54) is 4.31 Å². The van der Waals surface area contributed by atoms with Crippen LogP contribution < -0.4 is 4.31 Å². The summed E-state index contributed by atoms with van der Waals surface area (Å²) < 4.78 is 33.9. The van der Waals surface area contributed by atoms with Gasteiger partial charge in [0.25, 0.3) is 10.0 Å². The standard InChI is InChI=1S/C17H16BrNO3S/c1-12-3-7-16(8-4-12)23(20,21)19-10-13(2)22-11-14-5-6-15(18)9-17(14)19/h3-9H,2,10-11H2,1H3. The average molecular weight is 394 g/mol. The molecular weight excluding hydrogens is 378 g/mol. The summed E-state index contributed by atoms with van der Waals surface area (Å²) in [5.74, 6) is 0.424. The molecule has 4 nitrogen and oxygen atoms in total. The molecule has 0 N–H and O–H groups in total. The van der Waals surface area contributed by atoms with Gasteiger partial charge in [0.2, 0.25) is 0 Å². The molecule has 2 aromatic rings. The van der Waals surface area contributed by atoms with Gasteiger partial charge in [0.05, 0.1) is 17.1 Å². The third-order valence-electron chi connectivity index (χ3n) is 3.68. The molecule has 0 atom stereocenters. The number of hydrogen-bond donors (Lipinski definition) is 0. The summed E-state index contributed by atoms with van der Waals surface area (Å²) in [6.45, 7) is 6.14. The largest absolute Gasteiger partial charge is 0.492 e. The summed E-state index contributed by atoms with van der Waals surface area (Å²) in [5, 5.41) is 0. The number of sulfonamides is 1. The lowest BCUT2D eigenvalue weighted by Gasteiger charge is -2.24. The minimum Gasteiger partial charge on any atom is -0.492 e. The van der Waals surface area contributed by atoms with E-state index in [2.05, 4.69) is 22.5 Å². The monoisotopic (exact) mass is 393 g/mol.